The molecule has 0 bridgehead atoms. The molecule has 0 saturated carbocycles. The largest absolute Gasteiger partial charge is 0.496 e. The minimum absolute atomic E-state index is 0.234. The average Bonchev–Trinajstić information content (AvgIpc) is 3.20. The Kier molecular flexibility index (Phi) is 5.43. The maximum Gasteiger partial charge on any atom is 0.143 e. The van der Waals surface area contributed by atoms with Crippen LogP contribution in [0.15, 0.2) is 36.4 Å². The molecule has 0 aromatic heterocycles. The van der Waals surface area contributed by atoms with Crippen molar-refractivity contribution in [1.29, 1.82) is 5.26 Å². The van der Waals surface area contributed by atoms with Crippen LogP contribution in [0.25, 0.3) is 11.6 Å². The zero-order valence-corrected chi connectivity index (χ0v) is 15.0. The van der Waals surface area contributed by atoms with Gasteiger partial charge in [-0.25, -0.2) is 4.39 Å². The van der Waals surface area contributed by atoms with Gasteiger partial charge in [-0.1, -0.05) is 18.2 Å². The van der Waals surface area contributed by atoms with Crippen molar-refractivity contribution in [3.8, 4) is 17.6 Å². The lowest BCUT2D eigenvalue weighted by Gasteiger charge is -2.22. The van der Waals surface area contributed by atoms with Crippen molar-refractivity contribution in [1.82, 2.24) is 0 Å². The first kappa shape index (κ1) is 17.8. The van der Waals surface area contributed by atoms with Gasteiger partial charge in [0.1, 0.15) is 17.3 Å². The molecule has 4 nitrogen and oxygen atoms in total. The number of rotatable bonds is 5. The Morgan fingerprint density at radius 3 is 2.42 bits per heavy atom. The third-order valence-electron chi connectivity index (χ3n) is 4.56. The SMILES string of the molecule is COc1cc(N2CCCC2)c(OC)cc1C=C(C#N)c1ccccc1F. The molecular formula is C21H21FN2O2. The van der Waals surface area contributed by atoms with Crippen molar-refractivity contribution in [2.75, 3.05) is 32.2 Å². The van der Waals surface area contributed by atoms with E-state index in [0.717, 1.165) is 31.6 Å². The topological polar surface area (TPSA) is 45.5 Å². The van der Waals surface area contributed by atoms with E-state index in [4.69, 9.17) is 9.47 Å². The van der Waals surface area contributed by atoms with Crippen molar-refractivity contribution in [3.63, 3.8) is 0 Å². The first-order chi connectivity index (χ1) is 12.7. The summed E-state index contributed by atoms with van der Waals surface area (Å²) in [6, 6.07) is 12.1. The Morgan fingerprint density at radius 1 is 1.12 bits per heavy atom. The number of nitriles is 1. The number of nitrogens with zero attached hydrogens (tertiary/aromatic N) is 2. The molecule has 0 amide bonds. The van der Waals surface area contributed by atoms with Crippen LogP contribution in [0.4, 0.5) is 10.1 Å². The Labute approximate surface area is 153 Å². The fourth-order valence-electron chi connectivity index (χ4n) is 3.23. The summed E-state index contributed by atoms with van der Waals surface area (Å²) >= 11 is 0. The van der Waals surface area contributed by atoms with Gasteiger partial charge in [-0.05, 0) is 31.1 Å². The molecule has 0 radical (unpaired) electrons. The van der Waals surface area contributed by atoms with Gasteiger partial charge >= 0.3 is 0 Å². The molecule has 26 heavy (non-hydrogen) atoms. The summed E-state index contributed by atoms with van der Waals surface area (Å²) < 4.78 is 25.2. The van der Waals surface area contributed by atoms with Crippen LogP contribution in [0.1, 0.15) is 24.0 Å². The van der Waals surface area contributed by atoms with Crippen LogP contribution in [0, 0.1) is 17.1 Å². The molecular weight excluding hydrogens is 331 g/mol. The van der Waals surface area contributed by atoms with E-state index in [9.17, 15) is 9.65 Å². The highest BCUT2D eigenvalue weighted by Gasteiger charge is 2.19. The van der Waals surface area contributed by atoms with E-state index in [2.05, 4.69) is 11.0 Å². The van der Waals surface area contributed by atoms with E-state index in [1.807, 2.05) is 12.1 Å². The van der Waals surface area contributed by atoms with Gasteiger partial charge < -0.3 is 14.4 Å². The zero-order valence-electron chi connectivity index (χ0n) is 15.0. The van der Waals surface area contributed by atoms with Crippen molar-refractivity contribution < 1.29 is 13.9 Å². The number of halogens is 1. The number of allylic oxidation sites excluding steroid dienone is 1. The van der Waals surface area contributed by atoms with Gasteiger partial charge in [0.15, 0.2) is 0 Å². The molecule has 1 fully saturated rings. The minimum atomic E-state index is -0.431. The molecule has 3 rings (SSSR count). The predicted molar refractivity (Wildman–Crippen MR) is 101 cm³/mol. The maximum atomic E-state index is 14.1. The molecule has 0 unspecified atom stereocenters. The molecule has 0 N–H and O–H groups in total. The van der Waals surface area contributed by atoms with Gasteiger partial charge in [0, 0.05) is 30.3 Å². The Morgan fingerprint density at radius 2 is 1.81 bits per heavy atom. The van der Waals surface area contributed by atoms with Crippen molar-refractivity contribution in [3.05, 3.63) is 53.3 Å². The molecule has 2 aromatic rings. The molecule has 0 spiro atoms. The number of methoxy groups -OCH3 is 2. The van der Waals surface area contributed by atoms with Gasteiger partial charge in [0.25, 0.3) is 0 Å². The second-order valence-corrected chi connectivity index (χ2v) is 6.11. The molecule has 0 atom stereocenters. The maximum absolute atomic E-state index is 14.1. The van der Waals surface area contributed by atoms with Gasteiger partial charge in [0.05, 0.1) is 31.5 Å². The van der Waals surface area contributed by atoms with E-state index in [0.29, 0.717) is 17.1 Å². The summed E-state index contributed by atoms with van der Waals surface area (Å²) in [6.45, 7) is 1.96. The summed E-state index contributed by atoms with van der Waals surface area (Å²) in [5.74, 6) is 0.904. The van der Waals surface area contributed by atoms with Crippen LogP contribution in [-0.2, 0) is 0 Å². The normalized spacial score (nSPS) is 14.2. The van der Waals surface area contributed by atoms with Crippen LogP contribution in [0.5, 0.6) is 11.5 Å². The first-order valence-electron chi connectivity index (χ1n) is 8.55. The fourth-order valence-corrected chi connectivity index (χ4v) is 3.23. The summed E-state index contributed by atoms with van der Waals surface area (Å²) in [5, 5.41) is 9.52. The van der Waals surface area contributed by atoms with Crippen LogP contribution < -0.4 is 14.4 Å². The molecule has 1 aliphatic heterocycles. The number of anilines is 1. The van der Waals surface area contributed by atoms with E-state index in [1.54, 1.807) is 38.5 Å². The zero-order chi connectivity index (χ0) is 18.5. The van der Waals surface area contributed by atoms with Crippen LogP contribution in [-0.4, -0.2) is 27.3 Å². The van der Waals surface area contributed by atoms with Gasteiger partial charge in [-0.2, -0.15) is 5.26 Å². The Balaban J connectivity index is 2.09. The highest BCUT2D eigenvalue weighted by molar-refractivity contribution is 5.91. The lowest BCUT2D eigenvalue weighted by molar-refractivity contribution is 0.402. The van der Waals surface area contributed by atoms with Crippen molar-refractivity contribution in [2.24, 2.45) is 0 Å². The molecule has 1 aliphatic rings. The van der Waals surface area contributed by atoms with E-state index in [-0.39, 0.29) is 11.1 Å². The quantitative estimate of drug-likeness (QED) is 0.587. The third kappa shape index (κ3) is 3.50. The minimum Gasteiger partial charge on any atom is -0.496 e. The molecule has 5 heteroatoms. The standard InChI is InChI=1S/C21H21FN2O2/c1-25-20-13-19(24-9-5-6-10-24)21(26-2)12-15(20)11-16(14-23)17-7-3-4-8-18(17)22/h3-4,7-8,11-13H,5-6,9-10H2,1-2H3. The summed E-state index contributed by atoms with van der Waals surface area (Å²) in [6.07, 6.45) is 3.94. The second kappa shape index (κ2) is 7.92. The number of ether oxygens (including phenoxy) is 2. The number of hydrogen-bond donors (Lipinski definition) is 0. The van der Waals surface area contributed by atoms with Crippen LogP contribution in [0.3, 0.4) is 0 Å². The molecule has 1 saturated heterocycles. The smallest absolute Gasteiger partial charge is 0.143 e. The fraction of sp³-hybridized carbons (Fsp3) is 0.286. The van der Waals surface area contributed by atoms with Gasteiger partial charge in [-0.3, -0.25) is 0 Å². The summed E-state index contributed by atoms with van der Waals surface area (Å²) in [5.41, 5.74) is 2.15. The molecule has 0 aliphatic carbocycles. The summed E-state index contributed by atoms with van der Waals surface area (Å²) in [7, 11) is 3.21. The van der Waals surface area contributed by atoms with Crippen molar-refractivity contribution >= 4 is 17.3 Å². The first-order valence-corrected chi connectivity index (χ1v) is 8.55. The average molecular weight is 352 g/mol. The number of hydrogen-bond acceptors (Lipinski definition) is 4. The van der Waals surface area contributed by atoms with Gasteiger partial charge in [0.2, 0.25) is 0 Å². The summed E-state index contributed by atoms with van der Waals surface area (Å²) in [4.78, 5) is 2.26. The van der Waals surface area contributed by atoms with Crippen LogP contribution >= 0.6 is 0 Å². The highest BCUT2D eigenvalue weighted by Crippen LogP contribution is 2.38. The molecule has 134 valence electrons. The van der Waals surface area contributed by atoms with E-state index >= 15 is 0 Å². The lowest BCUT2D eigenvalue weighted by Crippen LogP contribution is -2.18. The highest BCUT2D eigenvalue weighted by atomic mass is 19.1. The Hall–Kier alpha value is -3.00. The molecule has 1 heterocycles. The van der Waals surface area contributed by atoms with E-state index in [1.165, 1.54) is 6.07 Å². The number of benzene rings is 2. The lowest BCUT2D eigenvalue weighted by atomic mass is 10.0. The van der Waals surface area contributed by atoms with Crippen LogP contribution in [0.2, 0.25) is 0 Å². The Bertz CT molecular complexity index is 865. The van der Waals surface area contributed by atoms with E-state index < -0.39 is 5.82 Å². The molecule has 2 aromatic carbocycles. The third-order valence-corrected chi connectivity index (χ3v) is 4.56. The predicted octanol–water partition coefficient (Wildman–Crippen LogP) is 4.51. The monoisotopic (exact) mass is 352 g/mol. The second-order valence-electron chi connectivity index (χ2n) is 6.11. The van der Waals surface area contributed by atoms with Gasteiger partial charge in [-0.15, -0.1) is 0 Å². The van der Waals surface area contributed by atoms with Crippen molar-refractivity contribution in [2.45, 2.75) is 12.8 Å².